The Balaban J connectivity index is 2.33. The van der Waals surface area contributed by atoms with E-state index < -0.39 is 0 Å². The first kappa shape index (κ1) is 13.8. The van der Waals surface area contributed by atoms with Gasteiger partial charge in [0, 0.05) is 22.8 Å². The molecule has 0 spiro atoms. The number of nitrogens with zero attached hydrogens (tertiary/aromatic N) is 4. The van der Waals surface area contributed by atoms with Gasteiger partial charge in [0.2, 0.25) is 0 Å². The third-order valence-electron chi connectivity index (χ3n) is 3.30. The molecule has 0 fully saturated rings. The molecule has 0 atom stereocenters. The minimum atomic E-state index is 0.568. The van der Waals surface area contributed by atoms with Gasteiger partial charge < -0.3 is 5.73 Å². The maximum atomic E-state index is 6.02. The third-order valence-corrected chi connectivity index (χ3v) is 3.51. The Morgan fingerprint density at radius 1 is 1.26 bits per heavy atom. The van der Waals surface area contributed by atoms with Crippen LogP contribution in [-0.4, -0.2) is 20.2 Å². The van der Waals surface area contributed by atoms with E-state index >= 15 is 0 Å². The summed E-state index contributed by atoms with van der Waals surface area (Å²) in [6.45, 7) is 5.16. The van der Waals surface area contributed by atoms with Crippen molar-refractivity contribution in [1.82, 2.24) is 20.2 Å². The van der Waals surface area contributed by atoms with Gasteiger partial charge in [-0.15, -0.1) is 5.10 Å². The molecule has 0 radical (unpaired) electrons. The summed E-state index contributed by atoms with van der Waals surface area (Å²) in [5, 5.41) is 12.5. The highest BCUT2D eigenvalue weighted by Crippen LogP contribution is 2.24. The maximum absolute atomic E-state index is 6.02. The van der Waals surface area contributed by atoms with Crippen LogP contribution in [0.25, 0.3) is 11.4 Å². The molecule has 1 aromatic heterocycles. The Kier molecular flexibility index (Phi) is 4.37. The summed E-state index contributed by atoms with van der Waals surface area (Å²) in [6.07, 6.45) is 2.21. The molecular formula is C13H18ClN5. The molecule has 2 aromatic rings. The van der Waals surface area contributed by atoms with Gasteiger partial charge >= 0.3 is 0 Å². The van der Waals surface area contributed by atoms with E-state index in [9.17, 15) is 0 Å². The molecule has 0 amide bonds. The van der Waals surface area contributed by atoms with Crippen molar-refractivity contribution in [2.45, 2.75) is 33.2 Å². The second-order valence-corrected chi connectivity index (χ2v) is 5.08. The summed E-state index contributed by atoms with van der Waals surface area (Å²) < 4.78 is 1.82. The number of nitrogen functional groups attached to an aromatic ring is 1. The predicted molar refractivity (Wildman–Crippen MR) is 76.7 cm³/mol. The van der Waals surface area contributed by atoms with E-state index in [-0.39, 0.29) is 0 Å². The zero-order valence-corrected chi connectivity index (χ0v) is 11.9. The minimum Gasteiger partial charge on any atom is -0.399 e. The average molecular weight is 280 g/mol. The van der Waals surface area contributed by atoms with Gasteiger partial charge in [0.05, 0.1) is 0 Å². The molecule has 0 unspecified atom stereocenters. The monoisotopic (exact) mass is 279 g/mol. The normalized spacial score (nSPS) is 11.2. The van der Waals surface area contributed by atoms with Crippen LogP contribution in [-0.2, 0) is 6.54 Å². The van der Waals surface area contributed by atoms with E-state index in [0.29, 0.717) is 22.5 Å². The molecule has 0 aliphatic carbocycles. The molecule has 102 valence electrons. The standard InChI is InChI=1S/C13H18ClN5/c1-3-9(4-2)8-19-13(16-17-18-19)10-5-11(14)7-12(15)6-10/h5-7,9H,3-4,8,15H2,1-2H3. The number of hydrogen-bond acceptors (Lipinski definition) is 4. The van der Waals surface area contributed by atoms with Crippen LogP contribution in [0.4, 0.5) is 5.69 Å². The van der Waals surface area contributed by atoms with Gasteiger partial charge in [0.1, 0.15) is 0 Å². The lowest BCUT2D eigenvalue weighted by molar-refractivity contribution is 0.392. The number of halogens is 1. The van der Waals surface area contributed by atoms with E-state index in [1.165, 1.54) is 0 Å². The minimum absolute atomic E-state index is 0.568. The number of rotatable bonds is 5. The van der Waals surface area contributed by atoms with Gasteiger partial charge in [-0.1, -0.05) is 38.3 Å². The molecule has 0 bridgehead atoms. The van der Waals surface area contributed by atoms with E-state index in [1.54, 1.807) is 6.07 Å². The Bertz CT molecular complexity index is 527. The molecule has 2 N–H and O–H groups in total. The topological polar surface area (TPSA) is 69.6 Å². The number of hydrogen-bond donors (Lipinski definition) is 1. The molecule has 1 heterocycles. The number of tetrazole rings is 1. The zero-order valence-electron chi connectivity index (χ0n) is 11.2. The van der Waals surface area contributed by atoms with Crippen molar-refractivity contribution >= 4 is 17.3 Å². The average Bonchev–Trinajstić information content (AvgIpc) is 2.82. The van der Waals surface area contributed by atoms with Gasteiger partial charge in [0.15, 0.2) is 5.82 Å². The van der Waals surface area contributed by atoms with Crippen LogP contribution in [0.2, 0.25) is 5.02 Å². The van der Waals surface area contributed by atoms with E-state index in [1.807, 2.05) is 16.8 Å². The van der Waals surface area contributed by atoms with Crippen molar-refractivity contribution < 1.29 is 0 Å². The highest BCUT2D eigenvalue weighted by atomic mass is 35.5. The Morgan fingerprint density at radius 2 is 2.00 bits per heavy atom. The Hall–Kier alpha value is -1.62. The van der Waals surface area contributed by atoms with Crippen molar-refractivity contribution in [3.8, 4) is 11.4 Å². The highest BCUT2D eigenvalue weighted by Gasteiger charge is 2.13. The molecule has 5 nitrogen and oxygen atoms in total. The van der Waals surface area contributed by atoms with E-state index in [0.717, 1.165) is 24.9 Å². The molecule has 0 aliphatic heterocycles. The summed E-state index contributed by atoms with van der Waals surface area (Å²) in [5.74, 6) is 1.28. The molecule has 0 saturated heterocycles. The van der Waals surface area contributed by atoms with Crippen LogP contribution in [0.15, 0.2) is 18.2 Å². The van der Waals surface area contributed by atoms with Crippen LogP contribution >= 0.6 is 11.6 Å². The van der Waals surface area contributed by atoms with E-state index in [2.05, 4.69) is 29.4 Å². The number of aromatic nitrogens is 4. The molecule has 19 heavy (non-hydrogen) atoms. The second kappa shape index (κ2) is 6.02. The first-order chi connectivity index (χ1) is 9.13. The van der Waals surface area contributed by atoms with E-state index in [4.69, 9.17) is 17.3 Å². The second-order valence-electron chi connectivity index (χ2n) is 4.64. The fourth-order valence-corrected chi connectivity index (χ4v) is 2.31. The zero-order chi connectivity index (χ0) is 13.8. The van der Waals surface area contributed by atoms with Crippen LogP contribution in [0.3, 0.4) is 0 Å². The van der Waals surface area contributed by atoms with Gasteiger partial charge in [-0.25, -0.2) is 4.68 Å². The predicted octanol–water partition coefficient (Wildman–Crippen LogP) is 3.01. The Labute approximate surface area is 117 Å². The fourth-order valence-electron chi connectivity index (χ4n) is 2.07. The van der Waals surface area contributed by atoms with Crippen LogP contribution in [0.5, 0.6) is 0 Å². The van der Waals surface area contributed by atoms with Crippen LogP contribution in [0.1, 0.15) is 26.7 Å². The maximum Gasteiger partial charge on any atom is 0.182 e. The lowest BCUT2D eigenvalue weighted by atomic mass is 10.0. The quantitative estimate of drug-likeness (QED) is 0.854. The number of anilines is 1. The summed E-state index contributed by atoms with van der Waals surface area (Å²) in [7, 11) is 0. The first-order valence-electron chi connectivity index (χ1n) is 6.46. The van der Waals surface area contributed by atoms with Crippen molar-refractivity contribution in [1.29, 1.82) is 0 Å². The summed E-state index contributed by atoms with van der Waals surface area (Å²) >= 11 is 6.02. The van der Waals surface area contributed by atoms with Crippen molar-refractivity contribution in [3.05, 3.63) is 23.2 Å². The molecule has 2 rings (SSSR count). The lowest BCUT2D eigenvalue weighted by Crippen LogP contribution is -2.12. The summed E-state index contributed by atoms with van der Waals surface area (Å²) in [5.41, 5.74) is 7.27. The SMILES string of the molecule is CCC(CC)Cn1nnnc1-c1cc(N)cc(Cl)c1. The number of nitrogens with two attached hydrogens (primary N) is 1. The van der Waals surface area contributed by atoms with Crippen molar-refractivity contribution in [3.63, 3.8) is 0 Å². The third kappa shape index (κ3) is 3.23. The van der Waals surface area contributed by atoms with Crippen LogP contribution < -0.4 is 5.73 Å². The highest BCUT2D eigenvalue weighted by molar-refractivity contribution is 6.31. The Morgan fingerprint density at radius 3 is 2.63 bits per heavy atom. The molecule has 0 aliphatic rings. The molecule has 0 saturated carbocycles. The lowest BCUT2D eigenvalue weighted by Gasteiger charge is -2.13. The molecular weight excluding hydrogens is 262 g/mol. The summed E-state index contributed by atoms with van der Waals surface area (Å²) in [4.78, 5) is 0. The van der Waals surface area contributed by atoms with Gasteiger partial charge in [-0.2, -0.15) is 0 Å². The molecule has 1 aromatic carbocycles. The van der Waals surface area contributed by atoms with Gasteiger partial charge in [-0.05, 0) is 34.5 Å². The first-order valence-corrected chi connectivity index (χ1v) is 6.84. The van der Waals surface area contributed by atoms with Gasteiger partial charge in [0.25, 0.3) is 0 Å². The number of benzene rings is 1. The van der Waals surface area contributed by atoms with Crippen LogP contribution in [0, 0.1) is 5.92 Å². The van der Waals surface area contributed by atoms with Crippen molar-refractivity contribution in [2.24, 2.45) is 5.92 Å². The molecule has 6 heteroatoms. The smallest absolute Gasteiger partial charge is 0.182 e. The fraction of sp³-hybridized carbons (Fsp3) is 0.462. The largest absolute Gasteiger partial charge is 0.399 e. The van der Waals surface area contributed by atoms with Gasteiger partial charge in [-0.3, -0.25) is 0 Å². The van der Waals surface area contributed by atoms with Crippen molar-refractivity contribution in [2.75, 3.05) is 5.73 Å². The summed E-state index contributed by atoms with van der Waals surface area (Å²) in [6, 6.07) is 5.37.